The summed E-state index contributed by atoms with van der Waals surface area (Å²) < 4.78 is 0. The van der Waals surface area contributed by atoms with Gasteiger partial charge >= 0.3 is 0 Å². The van der Waals surface area contributed by atoms with Crippen molar-refractivity contribution in [2.24, 2.45) is 4.99 Å². The standard InChI is InChI=1S/C17H14N8O2S2/c1-8-13(29-17(18-8)19-9(2)26)12-7-28-16(21-12)15(27)20-11-5-3-4-10(6-11)14-22-24-25-23-14/h3-7H,1-2H3,(H,20,27)(H,18,19,26)(H,22,23,24,25)/p-1. The molecule has 3 heterocycles. The predicted octanol–water partition coefficient (Wildman–Crippen LogP) is 2.15. The van der Waals surface area contributed by atoms with Gasteiger partial charge in [-0.2, -0.15) is 5.21 Å². The number of aliphatic imine (C=N–C) groups is 1. The summed E-state index contributed by atoms with van der Waals surface area (Å²) in [6, 6.07) is 6.97. The van der Waals surface area contributed by atoms with E-state index in [1.165, 1.54) is 29.6 Å². The molecule has 1 amide bonds. The number of nitrogens with one attached hydrogen (secondary N) is 2. The molecule has 1 aromatic carbocycles. The molecule has 10 nitrogen and oxygen atoms in total. The number of H-pyrrole nitrogens is 1. The van der Waals surface area contributed by atoms with E-state index in [1.807, 2.05) is 6.92 Å². The third-order valence-electron chi connectivity index (χ3n) is 3.68. The van der Waals surface area contributed by atoms with Crippen LogP contribution in [-0.4, -0.2) is 42.4 Å². The van der Waals surface area contributed by atoms with Gasteiger partial charge in [0.25, 0.3) is 0 Å². The van der Waals surface area contributed by atoms with Crippen LogP contribution >= 0.6 is 22.7 Å². The Morgan fingerprint density at radius 3 is 2.93 bits per heavy atom. The van der Waals surface area contributed by atoms with Gasteiger partial charge in [-0.05, 0) is 24.3 Å². The normalized spacial score (nSPS) is 11.6. The first kappa shape index (κ1) is 18.8. The summed E-state index contributed by atoms with van der Waals surface area (Å²) in [5.41, 5.74) is 2.52. The van der Waals surface area contributed by atoms with Crippen molar-refractivity contribution in [1.29, 1.82) is 0 Å². The van der Waals surface area contributed by atoms with E-state index < -0.39 is 5.90 Å². The molecule has 29 heavy (non-hydrogen) atoms. The molecular formula is C17H13N8O2S2-. The minimum atomic E-state index is -0.448. The molecule has 0 saturated carbocycles. The summed E-state index contributed by atoms with van der Waals surface area (Å²) in [6.07, 6.45) is 0. The largest absolute Gasteiger partial charge is 0.857 e. The average molecular weight is 425 g/mol. The van der Waals surface area contributed by atoms with E-state index in [0.717, 1.165) is 10.6 Å². The number of hydrogen-bond acceptors (Lipinski definition) is 10. The number of amides is 1. The van der Waals surface area contributed by atoms with E-state index in [1.54, 1.807) is 29.6 Å². The number of nitrogens with zero attached hydrogens (tertiary/aromatic N) is 6. The fraction of sp³-hybridized carbons (Fsp3) is 0.118. The van der Waals surface area contributed by atoms with Crippen LogP contribution in [-0.2, 0) is 4.79 Å². The van der Waals surface area contributed by atoms with E-state index >= 15 is 0 Å². The van der Waals surface area contributed by atoms with Crippen LogP contribution in [0.25, 0.3) is 22.0 Å². The lowest BCUT2D eigenvalue weighted by Crippen LogP contribution is -2.18. The van der Waals surface area contributed by atoms with Crippen LogP contribution < -0.4 is 10.4 Å². The molecule has 0 unspecified atom stereocenters. The van der Waals surface area contributed by atoms with Gasteiger partial charge in [0.15, 0.2) is 5.13 Å². The molecule has 0 bridgehead atoms. The summed E-state index contributed by atoms with van der Waals surface area (Å²) >= 11 is 2.51. The monoisotopic (exact) mass is 425 g/mol. The van der Waals surface area contributed by atoms with Gasteiger partial charge in [-0.3, -0.25) is 9.79 Å². The Balaban J connectivity index is 1.59. The maximum atomic E-state index is 12.6. The summed E-state index contributed by atoms with van der Waals surface area (Å²) in [4.78, 5) is 24.8. The molecule has 146 valence electrons. The minimum Gasteiger partial charge on any atom is -0.857 e. The van der Waals surface area contributed by atoms with Crippen LogP contribution in [0.5, 0.6) is 0 Å². The zero-order chi connectivity index (χ0) is 20.4. The number of aromatic amines is 1. The lowest BCUT2D eigenvalue weighted by atomic mass is 10.2. The molecule has 3 aromatic heterocycles. The smallest absolute Gasteiger partial charge is 0.223 e. The zero-order valence-electron chi connectivity index (χ0n) is 15.2. The number of aromatic nitrogens is 6. The predicted molar refractivity (Wildman–Crippen MR) is 108 cm³/mol. The first-order valence-corrected chi connectivity index (χ1v) is 10.00. The number of aryl methyl sites for hydroxylation is 1. The van der Waals surface area contributed by atoms with Crippen LogP contribution in [0, 0.1) is 6.92 Å². The van der Waals surface area contributed by atoms with Crippen LogP contribution in [0.2, 0.25) is 0 Å². The van der Waals surface area contributed by atoms with E-state index in [9.17, 15) is 9.90 Å². The highest BCUT2D eigenvalue weighted by atomic mass is 32.1. The summed E-state index contributed by atoms with van der Waals surface area (Å²) in [5.74, 6) is -0.223. The fourth-order valence-corrected chi connectivity index (χ4v) is 4.22. The lowest BCUT2D eigenvalue weighted by Gasteiger charge is -2.07. The van der Waals surface area contributed by atoms with Crippen molar-refractivity contribution in [1.82, 2.24) is 30.6 Å². The Hall–Kier alpha value is -3.51. The van der Waals surface area contributed by atoms with Gasteiger partial charge < -0.3 is 10.4 Å². The van der Waals surface area contributed by atoms with Gasteiger partial charge in [-0.15, -0.1) is 21.5 Å². The summed E-state index contributed by atoms with van der Waals surface area (Å²) in [6.45, 7) is 3.25. The van der Waals surface area contributed by atoms with E-state index in [0.29, 0.717) is 27.9 Å². The molecular weight excluding hydrogens is 412 g/mol. The number of benzene rings is 1. The maximum Gasteiger partial charge on any atom is 0.223 e. The van der Waals surface area contributed by atoms with Crippen molar-refractivity contribution in [3.8, 4) is 22.0 Å². The molecule has 2 N–H and O–H groups in total. The van der Waals surface area contributed by atoms with Crippen LogP contribution in [0.4, 0.5) is 10.8 Å². The van der Waals surface area contributed by atoms with Crippen molar-refractivity contribution in [2.45, 2.75) is 13.8 Å². The number of tetrazole rings is 1. The Labute approximate surface area is 172 Å². The van der Waals surface area contributed by atoms with E-state index in [2.05, 4.69) is 40.9 Å². The summed E-state index contributed by atoms with van der Waals surface area (Å²) in [7, 11) is 0. The fourth-order valence-electron chi connectivity index (χ4n) is 2.48. The highest BCUT2D eigenvalue weighted by molar-refractivity contribution is 7.19. The topological polar surface area (TPSA) is 145 Å². The van der Waals surface area contributed by atoms with E-state index in [-0.39, 0.29) is 10.9 Å². The Kier molecular flexibility index (Phi) is 5.10. The van der Waals surface area contributed by atoms with Gasteiger partial charge in [-0.1, -0.05) is 23.5 Å². The first-order valence-electron chi connectivity index (χ1n) is 8.30. The third kappa shape index (κ3) is 4.17. The van der Waals surface area contributed by atoms with Gasteiger partial charge in [0.05, 0.1) is 22.0 Å². The molecule has 0 fully saturated rings. The molecule has 12 heteroatoms. The van der Waals surface area contributed by atoms with Crippen molar-refractivity contribution in [3.63, 3.8) is 0 Å². The van der Waals surface area contributed by atoms with Crippen molar-refractivity contribution < 1.29 is 9.90 Å². The van der Waals surface area contributed by atoms with Crippen molar-refractivity contribution >= 4 is 45.3 Å². The number of carbonyl (C=O) groups is 1. The molecule has 0 saturated heterocycles. The highest BCUT2D eigenvalue weighted by Gasteiger charge is 2.14. The molecule has 0 spiro atoms. The third-order valence-corrected chi connectivity index (χ3v) is 5.61. The Morgan fingerprint density at radius 2 is 2.17 bits per heavy atom. The first-order chi connectivity index (χ1) is 14.0. The number of thiazole rings is 2. The molecule has 4 aromatic rings. The number of hydrogen-bond donors (Lipinski definition) is 2. The van der Waals surface area contributed by atoms with Crippen molar-refractivity contribution in [2.75, 3.05) is 5.32 Å². The number of rotatable bonds is 5. The maximum absolute atomic E-state index is 12.6. The van der Waals surface area contributed by atoms with Gasteiger partial charge in [0.2, 0.25) is 11.7 Å². The molecule has 0 atom stereocenters. The molecule has 4 rings (SSSR count). The molecule has 0 aliphatic carbocycles. The highest BCUT2D eigenvalue weighted by Crippen LogP contribution is 2.33. The second-order valence-electron chi connectivity index (χ2n) is 5.86. The quantitative estimate of drug-likeness (QED) is 0.368. The Bertz CT molecular complexity index is 1200. The molecule has 0 aliphatic heterocycles. The van der Waals surface area contributed by atoms with Gasteiger partial charge in [0.1, 0.15) is 5.01 Å². The van der Waals surface area contributed by atoms with Gasteiger partial charge in [0, 0.05) is 23.8 Å². The zero-order valence-corrected chi connectivity index (χ0v) is 16.8. The second kappa shape index (κ2) is 7.85. The second-order valence-corrected chi connectivity index (χ2v) is 7.71. The summed E-state index contributed by atoms with van der Waals surface area (Å²) in [5, 5.41) is 31.5. The lowest BCUT2D eigenvalue weighted by molar-refractivity contribution is -0.212. The van der Waals surface area contributed by atoms with Crippen LogP contribution in [0.15, 0.2) is 34.6 Å². The van der Waals surface area contributed by atoms with E-state index in [4.69, 9.17) is 0 Å². The SMILES string of the molecule is CC(=O)Nc1nc(C)c(-c2csc(C([O-])=Nc3cccc(-c4nn[nH]n4)c3)n2)s1. The number of anilines is 1. The van der Waals surface area contributed by atoms with Crippen molar-refractivity contribution in [3.05, 3.63) is 40.3 Å². The van der Waals surface area contributed by atoms with Crippen LogP contribution in [0.1, 0.15) is 17.6 Å². The average Bonchev–Trinajstić information content (AvgIpc) is 3.42. The molecule has 0 aliphatic rings. The molecule has 0 radical (unpaired) electrons. The minimum absolute atomic E-state index is 0.193. The van der Waals surface area contributed by atoms with Gasteiger partial charge in [-0.25, -0.2) is 9.97 Å². The number of carbonyl (C=O) groups excluding carboxylic acids is 1. The van der Waals surface area contributed by atoms with Crippen LogP contribution in [0.3, 0.4) is 0 Å². The Morgan fingerprint density at radius 1 is 1.31 bits per heavy atom.